The summed E-state index contributed by atoms with van der Waals surface area (Å²) in [4.78, 5) is 12.3. The maximum absolute atomic E-state index is 12.3. The highest BCUT2D eigenvalue weighted by Gasteiger charge is 2.38. The van der Waals surface area contributed by atoms with Crippen LogP contribution in [0.2, 0.25) is 18.1 Å². The molecule has 2 atom stereocenters. The Bertz CT molecular complexity index is 502. The minimum absolute atomic E-state index is 0.00516. The van der Waals surface area contributed by atoms with Crippen LogP contribution in [0.25, 0.3) is 0 Å². The van der Waals surface area contributed by atoms with Crippen LogP contribution in [-0.4, -0.2) is 40.6 Å². The Labute approximate surface area is 155 Å². The van der Waals surface area contributed by atoms with Crippen molar-refractivity contribution in [3.8, 4) is 0 Å². The van der Waals surface area contributed by atoms with Gasteiger partial charge in [-0.3, -0.25) is 9.36 Å². The highest BCUT2D eigenvalue weighted by Crippen LogP contribution is 2.46. The van der Waals surface area contributed by atoms with Gasteiger partial charge in [0.1, 0.15) is 11.9 Å². The van der Waals surface area contributed by atoms with E-state index in [4.69, 9.17) is 13.5 Å². The van der Waals surface area contributed by atoms with E-state index in [1.54, 1.807) is 0 Å². The Balaban J connectivity index is 4.90. The molecule has 0 aliphatic heterocycles. The lowest BCUT2D eigenvalue weighted by Crippen LogP contribution is -2.43. The van der Waals surface area contributed by atoms with E-state index in [2.05, 4.69) is 47.4 Å². The van der Waals surface area contributed by atoms with Gasteiger partial charge in [-0.1, -0.05) is 32.9 Å². The molecule has 0 rings (SSSR count). The summed E-state index contributed by atoms with van der Waals surface area (Å²) in [5.74, 6) is -0.144. The van der Waals surface area contributed by atoms with Crippen LogP contribution in [0.15, 0.2) is 12.2 Å². The number of hydrogen-bond donors (Lipinski definition) is 0. The number of rotatable bonds is 11. The topological polar surface area (TPSA) is 61.8 Å². The van der Waals surface area contributed by atoms with Crippen LogP contribution >= 0.6 is 7.60 Å². The molecule has 0 radical (unpaired) electrons. The van der Waals surface area contributed by atoms with E-state index in [0.717, 1.165) is 12.0 Å². The van der Waals surface area contributed by atoms with Crippen molar-refractivity contribution in [1.82, 2.24) is 0 Å². The first-order valence-corrected chi connectivity index (χ1v) is 13.4. The average Bonchev–Trinajstić information content (AvgIpc) is 2.44. The summed E-state index contributed by atoms with van der Waals surface area (Å²) in [5.41, 5.74) is 0.934. The van der Waals surface area contributed by atoms with Crippen molar-refractivity contribution in [3.05, 3.63) is 12.2 Å². The van der Waals surface area contributed by atoms with E-state index in [9.17, 15) is 9.36 Å². The summed E-state index contributed by atoms with van der Waals surface area (Å²) in [5, 5.41) is 0.138. The second-order valence-corrected chi connectivity index (χ2v) is 15.4. The van der Waals surface area contributed by atoms with Gasteiger partial charge in [0, 0.05) is 26.7 Å². The van der Waals surface area contributed by atoms with Gasteiger partial charge in [-0.05, 0) is 44.3 Å². The highest BCUT2D eigenvalue weighted by atomic mass is 31.2. The zero-order valence-corrected chi connectivity index (χ0v) is 19.4. The highest BCUT2D eigenvalue weighted by molar-refractivity contribution is 7.54. The normalized spacial score (nSPS) is 15.7. The Hall–Kier alpha value is -0.263. The fraction of sp³-hybridized carbons (Fsp3) is 0.833. The predicted molar refractivity (Wildman–Crippen MR) is 107 cm³/mol. The molecule has 0 saturated heterocycles. The molecule has 0 amide bonds. The standard InChI is InChI=1S/C18H37O5PSi/c1-14(2)16(12-17(19)13-24(20,21-7)22-8)11-15(3)23-25(9,10)18(4,5)6/h15-16H,1,11-13H2,2-10H3/t15?,16-/m1/s1. The zero-order valence-electron chi connectivity index (χ0n) is 17.5. The number of Topliss-reactive ketones (excluding diaryl/α,β-unsaturated/α-hetero) is 1. The fourth-order valence-electron chi connectivity index (χ4n) is 2.35. The molecule has 0 saturated carbocycles. The van der Waals surface area contributed by atoms with Gasteiger partial charge >= 0.3 is 7.60 Å². The van der Waals surface area contributed by atoms with Crippen molar-refractivity contribution in [2.24, 2.45) is 5.92 Å². The second kappa shape index (κ2) is 9.61. The molecular formula is C18H37O5PSi. The third-order valence-electron chi connectivity index (χ3n) is 5.02. The summed E-state index contributed by atoms with van der Waals surface area (Å²) in [6, 6.07) is 0. The summed E-state index contributed by atoms with van der Waals surface area (Å²) < 4.78 is 28.2. The first kappa shape index (κ1) is 24.7. The van der Waals surface area contributed by atoms with Crippen LogP contribution in [0.5, 0.6) is 0 Å². The number of carbonyl (C=O) groups excluding carboxylic acids is 1. The Morgan fingerprint density at radius 2 is 1.68 bits per heavy atom. The summed E-state index contributed by atoms with van der Waals surface area (Å²) in [7, 11) is -2.59. The van der Waals surface area contributed by atoms with Gasteiger partial charge in [-0.2, -0.15) is 0 Å². The average molecular weight is 393 g/mol. The maximum Gasteiger partial charge on any atom is 0.337 e. The van der Waals surface area contributed by atoms with E-state index in [-0.39, 0.29) is 35.4 Å². The van der Waals surface area contributed by atoms with Crippen LogP contribution in [0.3, 0.4) is 0 Å². The smallest absolute Gasteiger partial charge is 0.337 e. The molecule has 148 valence electrons. The first-order chi connectivity index (χ1) is 11.2. The molecule has 0 aliphatic carbocycles. The lowest BCUT2D eigenvalue weighted by atomic mass is 9.91. The lowest BCUT2D eigenvalue weighted by Gasteiger charge is -2.39. The number of allylic oxidation sites excluding steroid dienone is 1. The van der Waals surface area contributed by atoms with Gasteiger partial charge < -0.3 is 13.5 Å². The molecule has 1 unspecified atom stereocenters. The molecule has 0 aliphatic rings. The minimum Gasteiger partial charge on any atom is -0.414 e. The minimum atomic E-state index is -3.32. The third kappa shape index (κ3) is 8.31. The molecule has 0 fully saturated rings. The van der Waals surface area contributed by atoms with Crippen molar-refractivity contribution in [3.63, 3.8) is 0 Å². The molecular weight excluding hydrogens is 355 g/mol. The molecule has 0 bridgehead atoms. The zero-order chi connectivity index (χ0) is 20.1. The quantitative estimate of drug-likeness (QED) is 0.267. The van der Waals surface area contributed by atoms with Gasteiger partial charge in [-0.15, -0.1) is 0 Å². The Morgan fingerprint density at radius 3 is 2.04 bits per heavy atom. The molecule has 0 aromatic rings. The van der Waals surface area contributed by atoms with Gasteiger partial charge in [0.05, 0.1) is 0 Å². The fourth-order valence-corrected chi connectivity index (χ4v) is 4.77. The van der Waals surface area contributed by atoms with Crippen LogP contribution in [-0.2, 0) is 22.8 Å². The first-order valence-electron chi connectivity index (χ1n) is 8.73. The Morgan fingerprint density at radius 1 is 1.20 bits per heavy atom. The largest absolute Gasteiger partial charge is 0.414 e. The van der Waals surface area contributed by atoms with Crippen LogP contribution in [0.4, 0.5) is 0 Å². The molecule has 0 aromatic carbocycles. The van der Waals surface area contributed by atoms with E-state index in [0.29, 0.717) is 0 Å². The molecule has 0 aromatic heterocycles. The second-order valence-electron chi connectivity index (χ2n) is 8.34. The maximum atomic E-state index is 12.3. The monoisotopic (exact) mass is 392 g/mol. The van der Waals surface area contributed by atoms with E-state index in [1.807, 2.05) is 6.92 Å². The van der Waals surface area contributed by atoms with Crippen LogP contribution in [0, 0.1) is 5.92 Å². The van der Waals surface area contributed by atoms with Gasteiger partial charge in [0.25, 0.3) is 0 Å². The number of hydrogen-bond acceptors (Lipinski definition) is 5. The van der Waals surface area contributed by atoms with Crippen molar-refractivity contribution in [2.45, 2.75) is 71.7 Å². The lowest BCUT2D eigenvalue weighted by molar-refractivity contribution is -0.117. The summed E-state index contributed by atoms with van der Waals surface area (Å²) >= 11 is 0. The molecule has 25 heavy (non-hydrogen) atoms. The number of carbonyl (C=O) groups is 1. The summed E-state index contributed by atoms with van der Waals surface area (Å²) in [6.07, 6.45) is 0.822. The van der Waals surface area contributed by atoms with Crippen LogP contribution in [0.1, 0.15) is 47.5 Å². The summed E-state index contributed by atoms with van der Waals surface area (Å²) in [6.45, 7) is 19.0. The van der Waals surface area contributed by atoms with Gasteiger partial charge in [0.15, 0.2) is 8.32 Å². The Kier molecular flexibility index (Phi) is 9.51. The van der Waals surface area contributed by atoms with Crippen molar-refractivity contribution < 1.29 is 22.8 Å². The van der Waals surface area contributed by atoms with E-state index in [1.165, 1.54) is 14.2 Å². The SMILES string of the molecule is C=C(C)[C@@H](CC(=O)CP(=O)(OC)OC)CC(C)O[Si](C)(C)C(C)(C)C. The molecule has 7 heteroatoms. The molecule has 0 heterocycles. The van der Waals surface area contributed by atoms with Gasteiger partial charge in [0.2, 0.25) is 0 Å². The number of ketones is 1. The van der Waals surface area contributed by atoms with Crippen molar-refractivity contribution >= 4 is 21.7 Å². The van der Waals surface area contributed by atoms with Crippen molar-refractivity contribution in [1.29, 1.82) is 0 Å². The van der Waals surface area contributed by atoms with Gasteiger partial charge in [-0.25, -0.2) is 0 Å². The molecule has 0 spiro atoms. The van der Waals surface area contributed by atoms with Crippen LogP contribution < -0.4 is 0 Å². The predicted octanol–water partition coefficient (Wildman–Crippen LogP) is 5.42. The van der Waals surface area contributed by atoms with E-state index >= 15 is 0 Å². The molecule has 5 nitrogen and oxygen atoms in total. The van der Waals surface area contributed by atoms with E-state index < -0.39 is 15.9 Å². The van der Waals surface area contributed by atoms with Crippen molar-refractivity contribution in [2.75, 3.05) is 20.4 Å². The third-order valence-corrected chi connectivity index (χ3v) is 11.5. The molecule has 0 N–H and O–H groups in total.